The van der Waals surface area contributed by atoms with Gasteiger partial charge in [0.2, 0.25) is 0 Å². The Hall–Kier alpha value is -1.95. The Bertz CT molecular complexity index is 621. The molecule has 6 heteroatoms. The van der Waals surface area contributed by atoms with Gasteiger partial charge in [-0.1, -0.05) is 23.9 Å². The first-order valence-electron chi connectivity index (χ1n) is 5.25. The molecule has 0 unspecified atom stereocenters. The first-order valence-corrected chi connectivity index (χ1v) is 6.06. The van der Waals surface area contributed by atoms with Crippen LogP contribution >= 0.6 is 11.8 Å². The van der Waals surface area contributed by atoms with Crippen LogP contribution in [0.4, 0.5) is 13.2 Å². The van der Waals surface area contributed by atoms with Crippen molar-refractivity contribution in [3.63, 3.8) is 0 Å². The Balaban J connectivity index is 2.42. The molecule has 0 bridgehead atoms. The first-order chi connectivity index (χ1) is 8.99. The van der Waals surface area contributed by atoms with E-state index in [0.29, 0.717) is 11.8 Å². The van der Waals surface area contributed by atoms with Crippen molar-refractivity contribution in [3.8, 4) is 0 Å². The summed E-state index contributed by atoms with van der Waals surface area (Å²) in [5, 5.41) is 7.13. The highest BCUT2D eigenvalue weighted by molar-refractivity contribution is 7.99. The zero-order chi connectivity index (χ0) is 14.0. The van der Waals surface area contributed by atoms with Crippen molar-refractivity contribution in [2.24, 2.45) is 5.73 Å². The van der Waals surface area contributed by atoms with Crippen LogP contribution in [0.15, 0.2) is 46.2 Å². The van der Waals surface area contributed by atoms with Gasteiger partial charge in [-0.05, 0) is 24.3 Å². The van der Waals surface area contributed by atoms with Gasteiger partial charge in [0.05, 0.1) is 4.90 Å². The largest absolute Gasteiger partial charge is 0.384 e. The van der Waals surface area contributed by atoms with Gasteiger partial charge in [-0.15, -0.1) is 0 Å². The van der Waals surface area contributed by atoms with Gasteiger partial charge in [0.25, 0.3) is 0 Å². The number of hydrogen-bond acceptors (Lipinski definition) is 2. The highest BCUT2D eigenvalue weighted by Gasteiger charge is 2.15. The van der Waals surface area contributed by atoms with Gasteiger partial charge in [-0.25, -0.2) is 13.2 Å². The monoisotopic (exact) mass is 282 g/mol. The van der Waals surface area contributed by atoms with E-state index in [-0.39, 0.29) is 15.4 Å². The lowest BCUT2D eigenvalue weighted by Gasteiger charge is -2.07. The molecule has 0 saturated heterocycles. The molecule has 2 nitrogen and oxygen atoms in total. The van der Waals surface area contributed by atoms with Crippen LogP contribution in [0.1, 0.15) is 5.56 Å². The topological polar surface area (TPSA) is 49.9 Å². The van der Waals surface area contributed by atoms with Crippen molar-refractivity contribution in [2.45, 2.75) is 9.79 Å². The third-order valence-electron chi connectivity index (χ3n) is 2.36. The summed E-state index contributed by atoms with van der Waals surface area (Å²) in [5.74, 6) is -2.74. The predicted molar refractivity (Wildman–Crippen MR) is 67.9 cm³/mol. The molecule has 98 valence electrons. The van der Waals surface area contributed by atoms with E-state index < -0.39 is 23.3 Å². The van der Waals surface area contributed by atoms with E-state index in [4.69, 9.17) is 11.1 Å². The number of hydrogen-bond donors (Lipinski definition) is 2. The molecule has 2 aromatic carbocycles. The number of benzene rings is 2. The molecule has 0 aliphatic rings. The average molecular weight is 282 g/mol. The minimum Gasteiger partial charge on any atom is -0.384 e. The number of nitrogens with two attached hydrogens (primary N) is 1. The molecule has 0 spiro atoms. The Morgan fingerprint density at radius 3 is 2.11 bits per heavy atom. The quantitative estimate of drug-likeness (QED) is 0.668. The Morgan fingerprint density at radius 1 is 1.00 bits per heavy atom. The van der Waals surface area contributed by atoms with E-state index in [9.17, 15) is 13.2 Å². The van der Waals surface area contributed by atoms with Crippen LogP contribution in [0.25, 0.3) is 0 Å². The molecule has 3 N–H and O–H groups in total. The summed E-state index contributed by atoms with van der Waals surface area (Å²) in [7, 11) is 0. The predicted octanol–water partition coefficient (Wildman–Crippen LogP) is 3.54. The van der Waals surface area contributed by atoms with Gasteiger partial charge in [0.15, 0.2) is 0 Å². The van der Waals surface area contributed by atoms with E-state index in [1.807, 2.05) is 0 Å². The van der Waals surface area contributed by atoms with Crippen LogP contribution in [0, 0.1) is 22.9 Å². The fourth-order valence-electron chi connectivity index (χ4n) is 1.45. The molecule has 0 amide bonds. The third kappa shape index (κ3) is 2.90. The zero-order valence-corrected chi connectivity index (χ0v) is 10.4. The lowest BCUT2D eigenvalue weighted by molar-refractivity contribution is 0.539. The fourth-order valence-corrected chi connectivity index (χ4v) is 2.30. The summed E-state index contributed by atoms with van der Waals surface area (Å²) in [6, 6.07) is 7.61. The molecule has 0 aliphatic heterocycles. The van der Waals surface area contributed by atoms with Crippen LogP contribution in [-0.4, -0.2) is 5.84 Å². The molecular formula is C13H9F3N2S. The number of amidine groups is 1. The summed E-state index contributed by atoms with van der Waals surface area (Å²) in [5.41, 5.74) is 5.11. The molecule has 19 heavy (non-hydrogen) atoms. The van der Waals surface area contributed by atoms with Crippen LogP contribution in [0.5, 0.6) is 0 Å². The summed E-state index contributed by atoms with van der Waals surface area (Å²) < 4.78 is 40.9. The Morgan fingerprint density at radius 2 is 1.58 bits per heavy atom. The summed E-state index contributed by atoms with van der Waals surface area (Å²) in [6.07, 6.45) is 0. The zero-order valence-electron chi connectivity index (χ0n) is 9.58. The molecule has 0 aliphatic carbocycles. The molecule has 0 saturated carbocycles. The van der Waals surface area contributed by atoms with Gasteiger partial charge in [-0.3, -0.25) is 5.41 Å². The molecule has 2 aromatic rings. The van der Waals surface area contributed by atoms with Crippen molar-refractivity contribution in [3.05, 3.63) is 59.4 Å². The fraction of sp³-hybridized carbons (Fsp3) is 0. The van der Waals surface area contributed by atoms with Crippen LogP contribution in [-0.2, 0) is 0 Å². The second-order valence-electron chi connectivity index (χ2n) is 3.72. The molecule has 0 aromatic heterocycles. The molecule has 0 atom stereocenters. The second kappa shape index (κ2) is 5.36. The number of nitrogen functional groups attached to an aromatic ring is 1. The third-order valence-corrected chi connectivity index (χ3v) is 3.50. The van der Waals surface area contributed by atoms with E-state index >= 15 is 0 Å². The average Bonchev–Trinajstić information content (AvgIpc) is 2.35. The summed E-state index contributed by atoms with van der Waals surface area (Å²) >= 11 is 0.652. The van der Waals surface area contributed by atoms with Crippen molar-refractivity contribution in [1.29, 1.82) is 5.41 Å². The molecule has 0 fully saturated rings. The smallest absolute Gasteiger partial charge is 0.140 e. The number of nitrogens with one attached hydrogen (secondary N) is 1. The van der Waals surface area contributed by atoms with Crippen molar-refractivity contribution >= 4 is 17.6 Å². The summed E-state index contributed by atoms with van der Waals surface area (Å²) in [6.45, 7) is 0. The molecule has 0 radical (unpaired) electrons. The minimum absolute atomic E-state index is 0.0483. The van der Waals surface area contributed by atoms with Crippen LogP contribution < -0.4 is 5.73 Å². The standard InChI is InChI=1S/C13H9F3N2S/c14-8-3-1-2-4-11(8)19-12-9(15)5-7(13(17)18)6-10(12)16/h1-6H,(H3,17,18). The van der Waals surface area contributed by atoms with E-state index in [2.05, 4.69) is 0 Å². The Labute approximate surface area is 111 Å². The van der Waals surface area contributed by atoms with E-state index in [1.165, 1.54) is 18.2 Å². The lowest BCUT2D eigenvalue weighted by Crippen LogP contribution is -2.12. The van der Waals surface area contributed by atoms with Gasteiger partial charge in [-0.2, -0.15) is 0 Å². The van der Waals surface area contributed by atoms with E-state index in [1.54, 1.807) is 6.07 Å². The summed E-state index contributed by atoms with van der Waals surface area (Å²) in [4.78, 5) is -0.203. The molecule has 0 heterocycles. The van der Waals surface area contributed by atoms with Crippen molar-refractivity contribution in [2.75, 3.05) is 0 Å². The first kappa shape index (κ1) is 13.5. The number of halogens is 3. The van der Waals surface area contributed by atoms with Gasteiger partial charge < -0.3 is 5.73 Å². The maximum Gasteiger partial charge on any atom is 0.140 e. The maximum absolute atomic E-state index is 13.8. The van der Waals surface area contributed by atoms with Crippen molar-refractivity contribution < 1.29 is 13.2 Å². The number of rotatable bonds is 3. The Kier molecular flexibility index (Phi) is 3.80. The highest BCUT2D eigenvalue weighted by Crippen LogP contribution is 2.34. The second-order valence-corrected chi connectivity index (χ2v) is 4.77. The molecule has 2 rings (SSSR count). The maximum atomic E-state index is 13.8. The lowest BCUT2D eigenvalue weighted by atomic mass is 10.2. The van der Waals surface area contributed by atoms with Crippen LogP contribution in [0.3, 0.4) is 0 Å². The normalized spacial score (nSPS) is 10.5. The van der Waals surface area contributed by atoms with Crippen LogP contribution in [0.2, 0.25) is 0 Å². The van der Waals surface area contributed by atoms with Gasteiger partial charge in [0.1, 0.15) is 23.3 Å². The van der Waals surface area contributed by atoms with Crippen molar-refractivity contribution in [1.82, 2.24) is 0 Å². The van der Waals surface area contributed by atoms with Gasteiger partial charge in [0, 0.05) is 10.5 Å². The highest BCUT2D eigenvalue weighted by atomic mass is 32.2. The molecular weight excluding hydrogens is 273 g/mol. The van der Waals surface area contributed by atoms with Gasteiger partial charge >= 0.3 is 0 Å². The van der Waals surface area contributed by atoms with E-state index in [0.717, 1.165) is 12.1 Å². The SMILES string of the molecule is N=C(N)c1cc(F)c(Sc2ccccc2F)c(F)c1. The minimum atomic E-state index is -0.876.